The smallest absolute Gasteiger partial charge is 0.0467 e. The van der Waals surface area contributed by atoms with Gasteiger partial charge in [-0.2, -0.15) is 0 Å². The third-order valence-electron chi connectivity index (χ3n) is 13.1. The minimum atomic E-state index is 1.10. The molecule has 0 aliphatic heterocycles. The Balaban J connectivity index is 0.000000249. The van der Waals surface area contributed by atoms with Gasteiger partial charge < -0.3 is 4.90 Å². The molecule has 0 spiro atoms. The van der Waals surface area contributed by atoms with Crippen molar-refractivity contribution in [1.82, 2.24) is 0 Å². The maximum absolute atomic E-state index is 2.38. The fourth-order valence-electron chi connectivity index (χ4n) is 9.58. The van der Waals surface area contributed by atoms with Gasteiger partial charge in [0.05, 0.1) is 0 Å². The summed E-state index contributed by atoms with van der Waals surface area (Å²) >= 11 is 0. The molecule has 0 unspecified atom stereocenters. The van der Waals surface area contributed by atoms with Crippen molar-refractivity contribution in [2.75, 3.05) is 4.90 Å². The van der Waals surface area contributed by atoms with Crippen LogP contribution in [0.25, 0.3) is 77.9 Å². The van der Waals surface area contributed by atoms with E-state index in [4.69, 9.17) is 0 Å². The highest BCUT2D eigenvalue weighted by Crippen LogP contribution is 2.42. The van der Waals surface area contributed by atoms with Gasteiger partial charge in [0, 0.05) is 17.1 Å². The fourth-order valence-corrected chi connectivity index (χ4v) is 9.58. The zero-order valence-electron chi connectivity index (χ0n) is 40.0. The lowest BCUT2D eigenvalue weighted by Crippen LogP contribution is -2.10. The molecule has 11 aromatic carbocycles. The lowest BCUT2D eigenvalue weighted by Gasteiger charge is -2.27. The average Bonchev–Trinajstić information content (AvgIpc) is 3.42. The third-order valence-corrected chi connectivity index (χ3v) is 13.1. The van der Waals surface area contributed by atoms with E-state index in [0.717, 1.165) is 17.1 Å². The van der Waals surface area contributed by atoms with Crippen LogP contribution < -0.4 is 4.90 Å². The highest BCUT2D eigenvalue weighted by Gasteiger charge is 2.17. The minimum absolute atomic E-state index is 1.10. The van der Waals surface area contributed by atoms with Crippen molar-refractivity contribution < 1.29 is 0 Å². The highest BCUT2D eigenvalue weighted by molar-refractivity contribution is 5.89. The molecule has 0 amide bonds. The predicted octanol–water partition coefficient (Wildman–Crippen LogP) is 19.4. The molecule has 0 aliphatic rings. The highest BCUT2D eigenvalue weighted by atomic mass is 15.1. The van der Waals surface area contributed by atoms with E-state index in [1.54, 1.807) is 0 Å². The molecule has 0 bridgehead atoms. The Morgan fingerprint density at radius 2 is 0.543 bits per heavy atom. The van der Waals surface area contributed by atoms with Crippen molar-refractivity contribution in [1.29, 1.82) is 0 Å². The number of hydrogen-bond acceptors (Lipinski definition) is 1. The van der Waals surface area contributed by atoms with Crippen LogP contribution in [0.4, 0.5) is 17.1 Å². The Morgan fingerprint density at radius 3 is 1.01 bits per heavy atom. The van der Waals surface area contributed by atoms with Crippen LogP contribution in [0.2, 0.25) is 0 Å². The first-order valence-corrected chi connectivity index (χ1v) is 24.2. The summed E-state index contributed by atoms with van der Waals surface area (Å²) in [6.07, 6.45) is 0. The van der Waals surface area contributed by atoms with E-state index in [1.807, 2.05) is 0 Å². The van der Waals surface area contributed by atoms with E-state index < -0.39 is 0 Å². The molecular formula is C69H55N. The second kappa shape index (κ2) is 21.0. The first-order chi connectivity index (χ1) is 34.5. The van der Waals surface area contributed by atoms with Gasteiger partial charge in [-0.25, -0.2) is 0 Å². The Bertz CT molecular complexity index is 3430. The van der Waals surface area contributed by atoms with Gasteiger partial charge in [-0.1, -0.05) is 248 Å². The van der Waals surface area contributed by atoms with Gasteiger partial charge in [-0.15, -0.1) is 0 Å². The Labute approximate surface area is 414 Å². The molecule has 0 aliphatic carbocycles. The summed E-state index contributed by atoms with van der Waals surface area (Å²) < 4.78 is 0. The molecule has 0 radical (unpaired) electrons. The predicted molar refractivity (Wildman–Crippen MR) is 300 cm³/mol. The van der Waals surface area contributed by atoms with Crippen LogP contribution >= 0.6 is 0 Å². The second-order valence-electron chi connectivity index (χ2n) is 17.9. The van der Waals surface area contributed by atoms with Crippen molar-refractivity contribution in [3.8, 4) is 77.9 Å². The number of anilines is 3. The van der Waals surface area contributed by atoms with Crippen molar-refractivity contribution in [2.45, 2.75) is 20.8 Å². The molecule has 1 heteroatoms. The van der Waals surface area contributed by atoms with E-state index in [-0.39, 0.29) is 0 Å². The summed E-state index contributed by atoms with van der Waals surface area (Å²) in [4.78, 5) is 2.38. The lowest BCUT2D eigenvalue weighted by atomic mass is 9.90. The number of benzene rings is 11. The van der Waals surface area contributed by atoms with Crippen molar-refractivity contribution in [2.24, 2.45) is 0 Å². The standard InChI is InChI=1S/C50H39N.C19H16/c1-36-16-9-10-27-47(36)48-31-30-43(32-37(48)2)50-29-12-11-28-49(50)42-23-15-26-46(35-42)51(44-24-13-21-40(33-44)38-17-5-3-6-18-38)45-25-14-22-41(34-45)39-19-7-4-8-20-39;1-15-8-7-11-17(14-15)19-13-6-5-12-18(19)16-9-3-2-4-10-16/h3-35H,1-2H3;2-14H,1H3. The number of nitrogens with zero attached hydrogens (tertiary/aromatic N) is 1. The summed E-state index contributed by atoms with van der Waals surface area (Å²) in [5.41, 5.74) is 24.4. The van der Waals surface area contributed by atoms with Crippen LogP contribution in [0.5, 0.6) is 0 Å². The molecule has 0 fully saturated rings. The number of hydrogen-bond donors (Lipinski definition) is 0. The van der Waals surface area contributed by atoms with Gasteiger partial charge in [-0.3, -0.25) is 0 Å². The molecule has 336 valence electrons. The maximum Gasteiger partial charge on any atom is 0.0467 e. The van der Waals surface area contributed by atoms with Gasteiger partial charge in [0.2, 0.25) is 0 Å². The summed E-state index contributed by atoms with van der Waals surface area (Å²) in [7, 11) is 0. The largest absolute Gasteiger partial charge is 0.310 e. The number of aryl methyl sites for hydroxylation is 3. The number of rotatable bonds is 10. The molecule has 11 aromatic rings. The van der Waals surface area contributed by atoms with E-state index in [2.05, 4.69) is 305 Å². The van der Waals surface area contributed by atoms with Gasteiger partial charge in [0.15, 0.2) is 0 Å². The lowest BCUT2D eigenvalue weighted by molar-refractivity contribution is 1.28. The SMILES string of the molecule is Cc1cccc(-c2ccccc2-c2ccccc2)c1.Cc1ccccc1-c1ccc(-c2ccccc2-c2cccc(N(c3cccc(-c4ccccc4)c3)c3cccc(-c4ccccc4)c3)c2)cc1C. The summed E-state index contributed by atoms with van der Waals surface area (Å²) in [6.45, 7) is 6.54. The molecular weight excluding hydrogens is 843 g/mol. The van der Waals surface area contributed by atoms with Gasteiger partial charge in [-0.05, 0) is 146 Å². The van der Waals surface area contributed by atoms with E-state index >= 15 is 0 Å². The van der Waals surface area contributed by atoms with E-state index in [1.165, 1.54) is 94.6 Å². The van der Waals surface area contributed by atoms with Crippen molar-refractivity contribution in [3.05, 3.63) is 296 Å². The normalized spacial score (nSPS) is 10.8. The summed E-state index contributed by atoms with van der Waals surface area (Å²) in [5.74, 6) is 0. The molecule has 0 aromatic heterocycles. The van der Waals surface area contributed by atoms with Crippen LogP contribution in [0, 0.1) is 20.8 Å². The van der Waals surface area contributed by atoms with Crippen molar-refractivity contribution in [3.63, 3.8) is 0 Å². The van der Waals surface area contributed by atoms with Gasteiger partial charge in [0.1, 0.15) is 0 Å². The first-order valence-electron chi connectivity index (χ1n) is 24.2. The van der Waals surface area contributed by atoms with E-state index in [9.17, 15) is 0 Å². The van der Waals surface area contributed by atoms with Crippen LogP contribution in [0.15, 0.2) is 279 Å². The van der Waals surface area contributed by atoms with E-state index in [0.29, 0.717) is 0 Å². The Morgan fingerprint density at radius 1 is 0.200 bits per heavy atom. The molecule has 11 rings (SSSR count). The van der Waals surface area contributed by atoms with Gasteiger partial charge in [0.25, 0.3) is 0 Å². The van der Waals surface area contributed by atoms with Crippen LogP contribution in [0.1, 0.15) is 16.7 Å². The zero-order chi connectivity index (χ0) is 47.7. The van der Waals surface area contributed by atoms with Crippen LogP contribution in [0.3, 0.4) is 0 Å². The third kappa shape index (κ3) is 10.1. The molecule has 0 heterocycles. The maximum atomic E-state index is 2.38. The molecule has 0 N–H and O–H groups in total. The van der Waals surface area contributed by atoms with Crippen LogP contribution in [-0.2, 0) is 0 Å². The Kier molecular flexibility index (Phi) is 13.5. The molecule has 0 atom stereocenters. The zero-order valence-corrected chi connectivity index (χ0v) is 40.0. The Hall–Kier alpha value is -8.78. The fraction of sp³-hybridized carbons (Fsp3) is 0.0435. The monoisotopic (exact) mass is 897 g/mol. The summed E-state index contributed by atoms with van der Waals surface area (Å²) in [5, 5.41) is 0. The van der Waals surface area contributed by atoms with Crippen LogP contribution in [-0.4, -0.2) is 0 Å². The minimum Gasteiger partial charge on any atom is -0.310 e. The van der Waals surface area contributed by atoms with Crippen molar-refractivity contribution >= 4 is 17.1 Å². The molecule has 0 saturated carbocycles. The quantitative estimate of drug-likeness (QED) is 0.132. The molecule has 0 saturated heterocycles. The molecule has 70 heavy (non-hydrogen) atoms. The molecule has 1 nitrogen and oxygen atoms in total. The second-order valence-corrected chi connectivity index (χ2v) is 17.9. The summed E-state index contributed by atoms with van der Waals surface area (Å²) in [6, 6.07) is 100.0. The topological polar surface area (TPSA) is 3.24 Å². The van der Waals surface area contributed by atoms with Gasteiger partial charge >= 0.3 is 0 Å². The first kappa shape index (κ1) is 45.0. The average molecular weight is 898 g/mol.